The summed E-state index contributed by atoms with van der Waals surface area (Å²) in [4.78, 5) is 26.9. The molecule has 1 unspecified atom stereocenters. The molecule has 5 nitrogen and oxygen atoms in total. The van der Waals surface area contributed by atoms with Gasteiger partial charge in [-0.2, -0.15) is 0 Å². The number of nitrogens with zero attached hydrogens (tertiary/aromatic N) is 2. The molecule has 19 heavy (non-hydrogen) atoms. The first-order chi connectivity index (χ1) is 9.04. The van der Waals surface area contributed by atoms with Gasteiger partial charge in [-0.1, -0.05) is 26.7 Å². The number of likely N-dealkylation sites (tertiary alicyclic amines) is 1. The van der Waals surface area contributed by atoms with E-state index in [0.717, 1.165) is 25.8 Å². The fraction of sp³-hybridized carbons (Fsp3) is 0.857. The highest BCUT2D eigenvalue weighted by Gasteiger charge is 2.36. The van der Waals surface area contributed by atoms with E-state index in [1.807, 2.05) is 6.92 Å². The number of hydrogen-bond donors (Lipinski definition) is 1. The molecular weight excluding hydrogens is 244 g/mol. The minimum Gasteiger partial charge on any atom is -0.480 e. The molecule has 0 saturated carbocycles. The first-order valence-electron chi connectivity index (χ1n) is 7.33. The maximum absolute atomic E-state index is 12.4. The molecule has 1 aliphatic heterocycles. The van der Waals surface area contributed by atoms with Crippen LogP contribution in [0.5, 0.6) is 0 Å². The van der Waals surface area contributed by atoms with E-state index in [-0.39, 0.29) is 6.03 Å². The van der Waals surface area contributed by atoms with Crippen LogP contribution in [0.25, 0.3) is 0 Å². The average molecular weight is 270 g/mol. The van der Waals surface area contributed by atoms with Crippen molar-refractivity contribution in [2.75, 3.05) is 19.6 Å². The third kappa shape index (κ3) is 3.85. The molecule has 1 aliphatic rings. The van der Waals surface area contributed by atoms with Crippen LogP contribution in [0.3, 0.4) is 0 Å². The Kier molecular flexibility index (Phi) is 6.12. The normalized spacial score (nSPS) is 18.9. The minimum atomic E-state index is -0.885. The van der Waals surface area contributed by atoms with E-state index in [9.17, 15) is 9.59 Å². The van der Waals surface area contributed by atoms with Crippen LogP contribution in [0.15, 0.2) is 0 Å². The largest absolute Gasteiger partial charge is 0.480 e. The summed E-state index contributed by atoms with van der Waals surface area (Å²) >= 11 is 0. The van der Waals surface area contributed by atoms with Gasteiger partial charge in [-0.15, -0.1) is 0 Å². The number of carbonyl (C=O) groups excluding carboxylic acids is 1. The Morgan fingerprint density at radius 2 is 1.95 bits per heavy atom. The molecule has 1 rings (SSSR count). The van der Waals surface area contributed by atoms with Gasteiger partial charge in [0.05, 0.1) is 0 Å². The van der Waals surface area contributed by atoms with Crippen molar-refractivity contribution in [3.05, 3.63) is 0 Å². The molecule has 1 N–H and O–H groups in total. The van der Waals surface area contributed by atoms with E-state index in [1.165, 1.54) is 4.90 Å². The average Bonchev–Trinajstić information content (AvgIpc) is 2.89. The monoisotopic (exact) mass is 270 g/mol. The fourth-order valence-corrected chi connectivity index (χ4v) is 2.64. The SMILES string of the molecule is CCC(CC)CN(CC)C(=O)N1CCCC1C(=O)O. The number of carbonyl (C=O) groups is 2. The quantitative estimate of drug-likeness (QED) is 0.806. The Labute approximate surface area is 115 Å². The van der Waals surface area contributed by atoms with Crippen LogP contribution >= 0.6 is 0 Å². The molecule has 1 atom stereocenters. The van der Waals surface area contributed by atoms with Crippen molar-refractivity contribution in [2.45, 2.75) is 52.5 Å². The molecule has 1 heterocycles. The summed E-state index contributed by atoms with van der Waals surface area (Å²) in [6.45, 7) is 8.13. The molecule has 0 aromatic rings. The molecule has 2 amide bonds. The maximum atomic E-state index is 12.4. The zero-order valence-electron chi connectivity index (χ0n) is 12.3. The zero-order valence-corrected chi connectivity index (χ0v) is 12.3. The van der Waals surface area contributed by atoms with Crippen molar-refractivity contribution < 1.29 is 14.7 Å². The molecule has 0 aliphatic carbocycles. The second-order valence-corrected chi connectivity index (χ2v) is 5.19. The first kappa shape index (κ1) is 15.8. The van der Waals surface area contributed by atoms with Crippen LogP contribution in [-0.2, 0) is 4.79 Å². The number of amides is 2. The van der Waals surface area contributed by atoms with Crippen LogP contribution in [0.4, 0.5) is 4.79 Å². The predicted octanol–water partition coefficient (Wildman–Crippen LogP) is 2.41. The molecule has 0 aromatic carbocycles. The molecule has 5 heteroatoms. The van der Waals surface area contributed by atoms with Crippen molar-refractivity contribution >= 4 is 12.0 Å². The molecule has 110 valence electrons. The molecule has 1 saturated heterocycles. The summed E-state index contributed by atoms with van der Waals surface area (Å²) in [5.74, 6) is -0.390. The lowest BCUT2D eigenvalue weighted by Crippen LogP contribution is -2.49. The van der Waals surface area contributed by atoms with E-state index < -0.39 is 12.0 Å². The van der Waals surface area contributed by atoms with Crippen LogP contribution in [0.2, 0.25) is 0 Å². The van der Waals surface area contributed by atoms with E-state index in [0.29, 0.717) is 25.4 Å². The lowest BCUT2D eigenvalue weighted by Gasteiger charge is -2.31. The van der Waals surface area contributed by atoms with Gasteiger partial charge in [0.1, 0.15) is 6.04 Å². The van der Waals surface area contributed by atoms with Crippen LogP contribution in [0.1, 0.15) is 46.5 Å². The zero-order chi connectivity index (χ0) is 14.4. The smallest absolute Gasteiger partial charge is 0.326 e. The number of hydrogen-bond acceptors (Lipinski definition) is 2. The van der Waals surface area contributed by atoms with Gasteiger partial charge >= 0.3 is 12.0 Å². The standard InChI is InChI=1S/C14H26N2O3/c1-4-11(5-2)10-15(6-3)14(19)16-9-7-8-12(16)13(17)18/h11-12H,4-10H2,1-3H3,(H,17,18). The Morgan fingerprint density at radius 3 is 2.42 bits per heavy atom. The van der Waals surface area contributed by atoms with Crippen molar-refractivity contribution in [3.63, 3.8) is 0 Å². The minimum absolute atomic E-state index is 0.112. The van der Waals surface area contributed by atoms with Crippen LogP contribution < -0.4 is 0 Å². The number of carboxylic acids is 1. The highest BCUT2D eigenvalue weighted by molar-refractivity contribution is 5.83. The second-order valence-electron chi connectivity index (χ2n) is 5.19. The van der Waals surface area contributed by atoms with Gasteiger partial charge in [-0.05, 0) is 25.7 Å². The molecular formula is C14H26N2O3. The van der Waals surface area contributed by atoms with Crippen molar-refractivity contribution in [1.29, 1.82) is 0 Å². The Hall–Kier alpha value is -1.26. The van der Waals surface area contributed by atoms with E-state index in [4.69, 9.17) is 5.11 Å². The summed E-state index contributed by atoms with van der Waals surface area (Å²) in [5.41, 5.74) is 0. The Morgan fingerprint density at radius 1 is 1.32 bits per heavy atom. The first-order valence-corrected chi connectivity index (χ1v) is 7.33. The van der Waals surface area contributed by atoms with Gasteiger partial charge < -0.3 is 14.9 Å². The summed E-state index contributed by atoms with van der Waals surface area (Å²) in [5, 5.41) is 9.15. The lowest BCUT2D eigenvalue weighted by molar-refractivity contribution is -0.141. The number of rotatable bonds is 6. The van der Waals surface area contributed by atoms with E-state index >= 15 is 0 Å². The van der Waals surface area contributed by atoms with Gasteiger partial charge in [0.15, 0.2) is 0 Å². The highest BCUT2D eigenvalue weighted by atomic mass is 16.4. The lowest BCUT2D eigenvalue weighted by atomic mass is 10.0. The molecule has 0 aromatic heterocycles. The fourth-order valence-electron chi connectivity index (χ4n) is 2.64. The Balaban J connectivity index is 2.69. The third-order valence-electron chi connectivity index (χ3n) is 4.07. The van der Waals surface area contributed by atoms with Gasteiger partial charge in [0.25, 0.3) is 0 Å². The second kappa shape index (κ2) is 7.36. The summed E-state index contributed by atoms with van der Waals surface area (Å²) in [6.07, 6.45) is 3.44. The predicted molar refractivity (Wildman–Crippen MR) is 74.1 cm³/mol. The van der Waals surface area contributed by atoms with Crippen molar-refractivity contribution in [2.24, 2.45) is 5.92 Å². The van der Waals surface area contributed by atoms with E-state index in [1.54, 1.807) is 4.90 Å². The molecule has 0 radical (unpaired) electrons. The van der Waals surface area contributed by atoms with Crippen LogP contribution in [-0.4, -0.2) is 52.6 Å². The van der Waals surface area contributed by atoms with Gasteiger partial charge in [0, 0.05) is 19.6 Å². The van der Waals surface area contributed by atoms with E-state index in [2.05, 4.69) is 13.8 Å². The van der Waals surface area contributed by atoms with Crippen molar-refractivity contribution in [3.8, 4) is 0 Å². The highest BCUT2D eigenvalue weighted by Crippen LogP contribution is 2.20. The molecule has 1 fully saturated rings. The van der Waals surface area contributed by atoms with Gasteiger partial charge in [0.2, 0.25) is 0 Å². The summed E-state index contributed by atoms with van der Waals surface area (Å²) in [7, 11) is 0. The third-order valence-corrected chi connectivity index (χ3v) is 4.07. The van der Waals surface area contributed by atoms with Gasteiger partial charge in [-0.3, -0.25) is 0 Å². The Bertz CT molecular complexity index is 316. The van der Waals surface area contributed by atoms with Crippen molar-refractivity contribution in [1.82, 2.24) is 9.80 Å². The number of carboxylic acid groups (broad SMARTS) is 1. The molecule has 0 spiro atoms. The maximum Gasteiger partial charge on any atom is 0.326 e. The topological polar surface area (TPSA) is 60.9 Å². The van der Waals surface area contributed by atoms with Gasteiger partial charge in [-0.25, -0.2) is 9.59 Å². The summed E-state index contributed by atoms with van der Waals surface area (Å²) in [6, 6.07) is -0.748. The van der Waals surface area contributed by atoms with Crippen LogP contribution in [0, 0.1) is 5.92 Å². The molecule has 0 bridgehead atoms. The number of urea groups is 1. The summed E-state index contributed by atoms with van der Waals surface area (Å²) < 4.78 is 0. The number of aliphatic carboxylic acids is 1.